The quantitative estimate of drug-likeness (QED) is 0.292. The average Bonchev–Trinajstić information content (AvgIpc) is 3.50. The van der Waals surface area contributed by atoms with E-state index in [2.05, 4.69) is 26.0 Å². The molecule has 0 saturated carbocycles. The zero-order chi connectivity index (χ0) is 24.7. The van der Waals surface area contributed by atoms with Crippen LogP contribution in [0.25, 0.3) is 10.9 Å². The molecule has 2 N–H and O–H groups in total. The van der Waals surface area contributed by atoms with Gasteiger partial charge in [0.05, 0.1) is 15.8 Å². The fourth-order valence-corrected chi connectivity index (χ4v) is 6.17. The van der Waals surface area contributed by atoms with E-state index in [9.17, 15) is 23.3 Å². The Bertz CT molecular complexity index is 1610. The zero-order valence-electron chi connectivity index (χ0n) is 18.6. The van der Waals surface area contributed by atoms with Crippen molar-refractivity contribution in [3.8, 4) is 0 Å². The lowest BCUT2D eigenvalue weighted by atomic mass is 9.88. The number of hydrogen-bond acceptors (Lipinski definition) is 8. The van der Waals surface area contributed by atoms with Crippen molar-refractivity contribution in [3.63, 3.8) is 0 Å². The van der Waals surface area contributed by atoms with Crippen molar-refractivity contribution < 1.29 is 17.8 Å². The summed E-state index contributed by atoms with van der Waals surface area (Å²) in [6.07, 6.45) is 4.19. The maximum Gasteiger partial charge on any atom is 0.434 e. The van der Waals surface area contributed by atoms with E-state index in [1.165, 1.54) is 23.9 Å². The number of aryl methyl sites for hydroxylation is 1. The first-order valence-corrected chi connectivity index (χ1v) is 12.4. The molecule has 180 valence electrons. The number of pyridine rings is 1. The number of H-pyrrole nitrogens is 1. The molecule has 0 amide bonds. The topological polar surface area (TPSA) is 161 Å². The van der Waals surface area contributed by atoms with Crippen molar-refractivity contribution in [2.24, 2.45) is 0 Å². The highest BCUT2D eigenvalue weighted by Gasteiger charge is 2.34. The third-order valence-corrected chi connectivity index (χ3v) is 7.84. The molecular formula is C23H21N5O6S. The summed E-state index contributed by atoms with van der Waals surface area (Å²) in [5.74, 6) is -1.36. The summed E-state index contributed by atoms with van der Waals surface area (Å²) in [5.41, 5.74) is 3.01. The Labute approximate surface area is 199 Å². The van der Waals surface area contributed by atoms with Crippen LogP contribution in [0.5, 0.6) is 0 Å². The van der Waals surface area contributed by atoms with E-state index in [-0.39, 0.29) is 27.4 Å². The Kier molecular flexibility index (Phi) is 5.69. The summed E-state index contributed by atoms with van der Waals surface area (Å²) in [4.78, 5) is 26.4. The fraction of sp³-hybridized carbons (Fsp3) is 0.261. The summed E-state index contributed by atoms with van der Waals surface area (Å²) in [5, 5.41) is 17.6. The van der Waals surface area contributed by atoms with E-state index in [1.807, 2.05) is 19.1 Å². The van der Waals surface area contributed by atoms with Crippen molar-refractivity contribution in [1.29, 1.82) is 0 Å². The molecule has 12 heteroatoms. The first-order chi connectivity index (χ1) is 16.8. The number of nitro benzene ring substituents is 1. The fourth-order valence-electron chi connectivity index (χ4n) is 4.73. The van der Waals surface area contributed by atoms with Gasteiger partial charge in [-0.2, -0.15) is 4.72 Å². The molecule has 0 radical (unpaired) electrons. The predicted molar refractivity (Wildman–Crippen MR) is 125 cm³/mol. The number of nitro groups is 1. The molecule has 0 saturated heterocycles. The molecule has 2 heterocycles. The van der Waals surface area contributed by atoms with E-state index < -0.39 is 32.7 Å². The van der Waals surface area contributed by atoms with E-state index in [4.69, 9.17) is 4.42 Å². The van der Waals surface area contributed by atoms with Crippen molar-refractivity contribution in [1.82, 2.24) is 19.9 Å². The Morgan fingerprint density at radius 1 is 1.17 bits per heavy atom. The number of aromatic amines is 1. The number of nitrogens with zero attached hydrogens (tertiary/aromatic N) is 3. The Hall–Kier alpha value is -3.90. The number of nitrogens with one attached hydrogen (secondary N) is 2. The second-order valence-electron chi connectivity index (χ2n) is 8.42. The highest BCUT2D eigenvalue weighted by atomic mass is 32.2. The lowest BCUT2D eigenvalue weighted by Gasteiger charge is -2.24. The van der Waals surface area contributed by atoms with Crippen LogP contribution in [-0.4, -0.2) is 28.5 Å². The highest BCUT2D eigenvalue weighted by Crippen LogP contribution is 2.37. The van der Waals surface area contributed by atoms with Crippen molar-refractivity contribution in [3.05, 3.63) is 91.9 Å². The van der Waals surface area contributed by atoms with E-state index >= 15 is 0 Å². The van der Waals surface area contributed by atoms with Crippen LogP contribution in [0.2, 0.25) is 0 Å². The first-order valence-electron chi connectivity index (χ1n) is 11.0. The molecule has 2 aromatic heterocycles. The molecule has 1 aliphatic rings. The molecule has 0 bridgehead atoms. The highest BCUT2D eigenvalue weighted by molar-refractivity contribution is 7.89. The van der Waals surface area contributed by atoms with Crippen molar-refractivity contribution >= 4 is 26.6 Å². The van der Waals surface area contributed by atoms with Gasteiger partial charge in [-0.3, -0.25) is 15.1 Å². The SMILES string of the molecule is C[C@H](c1cccc2c1CCC2)[C@H](NS(=O)(=O)c1ccc([N+](=O)[O-])c2cccnc12)c1n[nH]c(=O)o1. The summed E-state index contributed by atoms with van der Waals surface area (Å²) in [6.45, 7) is 1.84. The van der Waals surface area contributed by atoms with Gasteiger partial charge < -0.3 is 4.42 Å². The second kappa shape index (κ2) is 8.71. The van der Waals surface area contributed by atoms with Gasteiger partial charge in [-0.25, -0.2) is 18.3 Å². The van der Waals surface area contributed by atoms with Crippen LogP contribution in [0.4, 0.5) is 5.69 Å². The van der Waals surface area contributed by atoms with Gasteiger partial charge in [-0.1, -0.05) is 25.1 Å². The Balaban J connectivity index is 1.61. The second-order valence-corrected chi connectivity index (χ2v) is 10.1. The molecule has 4 aromatic rings. The van der Waals surface area contributed by atoms with Crippen LogP contribution in [-0.2, 0) is 22.9 Å². The summed E-state index contributed by atoms with van der Waals surface area (Å²) < 4.78 is 35.0. The monoisotopic (exact) mass is 495 g/mol. The molecule has 5 rings (SSSR count). The van der Waals surface area contributed by atoms with E-state index in [1.54, 1.807) is 0 Å². The molecule has 1 aliphatic carbocycles. The molecule has 2 atom stereocenters. The smallest absolute Gasteiger partial charge is 0.391 e. The third-order valence-electron chi connectivity index (χ3n) is 6.37. The van der Waals surface area contributed by atoms with Gasteiger partial charge in [-0.05, 0) is 54.2 Å². The number of hydrogen-bond donors (Lipinski definition) is 2. The maximum absolute atomic E-state index is 13.6. The largest absolute Gasteiger partial charge is 0.434 e. The number of aromatic nitrogens is 3. The molecule has 0 aliphatic heterocycles. The number of rotatable bonds is 7. The van der Waals surface area contributed by atoms with Gasteiger partial charge in [0.15, 0.2) is 0 Å². The molecule has 35 heavy (non-hydrogen) atoms. The predicted octanol–water partition coefficient (Wildman–Crippen LogP) is 3.13. The number of fused-ring (bicyclic) bond motifs is 2. The Morgan fingerprint density at radius 3 is 2.74 bits per heavy atom. The minimum absolute atomic E-state index is 0.0373. The molecule has 0 spiro atoms. The number of benzene rings is 2. The van der Waals surface area contributed by atoms with Gasteiger partial charge >= 0.3 is 5.76 Å². The van der Waals surface area contributed by atoms with Crippen molar-refractivity contribution in [2.45, 2.75) is 43.0 Å². The summed E-state index contributed by atoms with van der Waals surface area (Å²) in [6, 6.07) is 10.1. The van der Waals surface area contributed by atoms with Gasteiger partial charge in [0, 0.05) is 18.2 Å². The Morgan fingerprint density at radius 2 is 2.00 bits per heavy atom. The van der Waals surface area contributed by atoms with Gasteiger partial charge in [0.25, 0.3) is 5.69 Å². The minimum Gasteiger partial charge on any atom is -0.391 e. The molecular weight excluding hydrogens is 474 g/mol. The lowest BCUT2D eigenvalue weighted by Crippen LogP contribution is -2.33. The van der Waals surface area contributed by atoms with Crippen LogP contribution >= 0.6 is 0 Å². The van der Waals surface area contributed by atoms with Gasteiger partial charge in [-0.15, -0.1) is 5.10 Å². The van der Waals surface area contributed by atoms with Crippen LogP contribution < -0.4 is 10.5 Å². The zero-order valence-corrected chi connectivity index (χ0v) is 19.4. The lowest BCUT2D eigenvalue weighted by molar-refractivity contribution is -0.383. The van der Waals surface area contributed by atoms with Crippen LogP contribution in [0.3, 0.4) is 0 Å². The van der Waals surface area contributed by atoms with Gasteiger partial charge in [0.2, 0.25) is 15.9 Å². The van der Waals surface area contributed by atoms with Crippen LogP contribution in [0.1, 0.15) is 47.9 Å². The van der Waals surface area contributed by atoms with Crippen LogP contribution in [0, 0.1) is 10.1 Å². The normalized spacial score (nSPS) is 15.1. The first kappa shape index (κ1) is 22.9. The van der Waals surface area contributed by atoms with Crippen LogP contribution in [0.15, 0.2) is 62.8 Å². The van der Waals surface area contributed by atoms with E-state index in [0.717, 1.165) is 42.5 Å². The molecule has 0 fully saturated rings. The third kappa shape index (κ3) is 4.10. The summed E-state index contributed by atoms with van der Waals surface area (Å²) in [7, 11) is -4.29. The number of non-ortho nitro benzene ring substituents is 1. The maximum atomic E-state index is 13.6. The average molecular weight is 496 g/mol. The standard InChI is InChI=1S/C23H21N5O6S/c1-13(15-7-2-5-14-6-3-8-16(14)15)20(22-25-26-23(29)34-22)27-35(32,33)19-11-10-18(28(30)31)17-9-4-12-24-21(17)19/h2,4-5,7,9-13,20,27H,3,6,8H2,1H3,(H,26,29)/t13-,20+/m1/s1. The molecule has 11 nitrogen and oxygen atoms in total. The summed E-state index contributed by atoms with van der Waals surface area (Å²) >= 11 is 0. The minimum atomic E-state index is -4.29. The molecule has 0 unspecified atom stereocenters. The van der Waals surface area contributed by atoms with Gasteiger partial charge in [0.1, 0.15) is 10.9 Å². The molecule has 2 aromatic carbocycles. The van der Waals surface area contributed by atoms with Crippen molar-refractivity contribution in [2.75, 3.05) is 0 Å². The number of sulfonamides is 1. The van der Waals surface area contributed by atoms with E-state index in [0.29, 0.717) is 0 Å².